The zero-order valence-electron chi connectivity index (χ0n) is 10.4. The molecule has 98 valence electrons. The molecule has 1 fully saturated rings. The molecule has 1 aromatic rings. The number of aromatic carboxylic acids is 1. The Morgan fingerprint density at radius 2 is 2.28 bits per heavy atom. The highest BCUT2D eigenvalue weighted by Crippen LogP contribution is 2.30. The van der Waals surface area contributed by atoms with Gasteiger partial charge in [-0.25, -0.2) is 9.18 Å². The van der Waals surface area contributed by atoms with E-state index in [0.29, 0.717) is 11.7 Å². The fraction of sp³-hybridized carbons (Fsp3) is 0.500. The molecule has 0 spiro atoms. The second-order valence-electron chi connectivity index (χ2n) is 4.93. The Kier molecular flexibility index (Phi) is 3.84. The summed E-state index contributed by atoms with van der Waals surface area (Å²) in [6, 6.07) is 4.55. The molecule has 2 unspecified atom stereocenters. The van der Waals surface area contributed by atoms with Crippen molar-refractivity contribution >= 4 is 11.7 Å². The Hall–Kier alpha value is -1.58. The van der Waals surface area contributed by atoms with E-state index in [4.69, 9.17) is 5.11 Å². The topological polar surface area (TPSA) is 49.3 Å². The van der Waals surface area contributed by atoms with Gasteiger partial charge < -0.3 is 10.4 Å². The molecular weight excluding hydrogens is 233 g/mol. The predicted octanol–water partition coefficient (Wildman–Crippen LogP) is 3.51. The molecule has 0 heterocycles. The van der Waals surface area contributed by atoms with E-state index in [1.165, 1.54) is 25.0 Å². The van der Waals surface area contributed by atoms with Gasteiger partial charge in [0.15, 0.2) is 0 Å². The van der Waals surface area contributed by atoms with Gasteiger partial charge in [0.05, 0.1) is 5.56 Å². The van der Waals surface area contributed by atoms with Gasteiger partial charge in [0.1, 0.15) is 5.82 Å². The third-order valence-corrected chi connectivity index (χ3v) is 3.69. The highest BCUT2D eigenvalue weighted by molar-refractivity contribution is 5.89. The summed E-state index contributed by atoms with van der Waals surface area (Å²) in [5.41, 5.74) is 0.417. The normalized spacial score (nSPS) is 23.0. The Morgan fingerprint density at radius 1 is 1.50 bits per heavy atom. The first-order chi connectivity index (χ1) is 8.60. The molecule has 2 rings (SSSR count). The predicted molar refractivity (Wildman–Crippen MR) is 68.4 cm³/mol. The van der Waals surface area contributed by atoms with Crippen LogP contribution in [0.25, 0.3) is 0 Å². The molecule has 18 heavy (non-hydrogen) atoms. The summed E-state index contributed by atoms with van der Waals surface area (Å²) in [5, 5.41) is 12.2. The number of carbonyl (C=O) groups is 1. The van der Waals surface area contributed by atoms with Crippen LogP contribution in [-0.2, 0) is 0 Å². The van der Waals surface area contributed by atoms with Gasteiger partial charge in [-0.1, -0.05) is 13.3 Å². The summed E-state index contributed by atoms with van der Waals surface area (Å²) in [7, 11) is 0. The lowest BCUT2D eigenvalue weighted by Crippen LogP contribution is -2.16. The smallest absolute Gasteiger partial charge is 0.338 e. The van der Waals surface area contributed by atoms with Crippen molar-refractivity contribution in [3.63, 3.8) is 0 Å². The van der Waals surface area contributed by atoms with Gasteiger partial charge in [0.2, 0.25) is 0 Å². The number of anilines is 1. The number of rotatable bonds is 4. The molecule has 1 aromatic carbocycles. The van der Waals surface area contributed by atoms with E-state index in [9.17, 15) is 9.18 Å². The van der Waals surface area contributed by atoms with Crippen molar-refractivity contribution < 1.29 is 14.3 Å². The molecule has 0 bridgehead atoms. The largest absolute Gasteiger partial charge is 0.478 e. The maximum Gasteiger partial charge on any atom is 0.338 e. The first-order valence-electron chi connectivity index (χ1n) is 6.39. The first-order valence-corrected chi connectivity index (χ1v) is 6.39. The molecule has 1 aliphatic carbocycles. The Balaban J connectivity index is 2.06. The van der Waals surface area contributed by atoms with Crippen molar-refractivity contribution in [2.45, 2.75) is 38.6 Å². The van der Waals surface area contributed by atoms with Crippen LogP contribution in [0.3, 0.4) is 0 Å². The summed E-state index contributed by atoms with van der Waals surface area (Å²) in [5.74, 6) is -1.16. The van der Waals surface area contributed by atoms with Crippen LogP contribution in [0.1, 0.15) is 43.0 Å². The minimum atomic E-state index is -1.23. The third kappa shape index (κ3) is 2.81. The lowest BCUT2D eigenvalue weighted by Gasteiger charge is -2.15. The van der Waals surface area contributed by atoms with Gasteiger partial charge in [-0.05, 0) is 43.4 Å². The number of halogens is 1. The van der Waals surface area contributed by atoms with E-state index in [1.54, 1.807) is 6.07 Å². The summed E-state index contributed by atoms with van der Waals surface area (Å²) in [6.45, 7) is 2.19. The van der Waals surface area contributed by atoms with Crippen LogP contribution in [-0.4, -0.2) is 17.1 Å². The van der Waals surface area contributed by atoms with E-state index in [-0.39, 0.29) is 5.56 Å². The van der Waals surface area contributed by atoms with Gasteiger partial charge >= 0.3 is 5.97 Å². The third-order valence-electron chi connectivity index (χ3n) is 3.69. The van der Waals surface area contributed by atoms with Gasteiger partial charge in [-0.15, -0.1) is 0 Å². The summed E-state index contributed by atoms with van der Waals surface area (Å²) >= 11 is 0. The van der Waals surface area contributed by atoms with E-state index < -0.39 is 11.8 Å². The number of benzene rings is 1. The number of nitrogens with one attached hydrogen (secondary N) is 1. The van der Waals surface area contributed by atoms with Crippen LogP contribution in [0.2, 0.25) is 0 Å². The average Bonchev–Trinajstić information content (AvgIpc) is 2.79. The molecule has 0 aromatic heterocycles. The summed E-state index contributed by atoms with van der Waals surface area (Å²) in [4.78, 5) is 10.8. The molecule has 0 saturated heterocycles. The fourth-order valence-corrected chi connectivity index (χ4v) is 2.59. The maximum atomic E-state index is 13.2. The summed E-state index contributed by atoms with van der Waals surface area (Å²) < 4.78 is 13.2. The van der Waals surface area contributed by atoms with Crippen LogP contribution in [0.4, 0.5) is 10.1 Å². The fourth-order valence-electron chi connectivity index (χ4n) is 2.59. The molecule has 2 atom stereocenters. The lowest BCUT2D eigenvalue weighted by atomic mass is 10.1. The number of hydrogen-bond acceptors (Lipinski definition) is 2. The highest BCUT2D eigenvalue weighted by Gasteiger charge is 2.23. The van der Waals surface area contributed by atoms with Crippen LogP contribution >= 0.6 is 0 Å². The summed E-state index contributed by atoms with van der Waals surface area (Å²) in [6.07, 6.45) is 4.59. The Bertz CT molecular complexity index is 447. The molecule has 4 heteroatoms. The van der Waals surface area contributed by atoms with Crippen molar-refractivity contribution in [1.29, 1.82) is 0 Å². The van der Waals surface area contributed by atoms with E-state index in [1.807, 2.05) is 0 Å². The van der Waals surface area contributed by atoms with Gasteiger partial charge in [0, 0.05) is 11.7 Å². The van der Waals surface area contributed by atoms with Crippen molar-refractivity contribution in [3.05, 3.63) is 29.6 Å². The molecule has 1 saturated carbocycles. The van der Waals surface area contributed by atoms with Gasteiger partial charge in [-0.2, -0.15) is 0 Å². The molecular formula is C14H18FNO2. The maximum absolute atomic E-state index is 13.2. The van der Waals surface area contributed by atoms with Crippen molar-refractivity contribution in [3.8, 4) is 0 Å². The SMILES string of the molecule is CCC1CCC(Nc2ccc(F)c(C(=O)O)c2)C1. The van der Waals surface area contributed by atoms with Crippen molar-refractivity contribution in [2.24, 2.45) is 5.92 Å². The monoisotopic (exact) mass is 251 g/mol. The minimum Gasteiger partial charge on any atom is -0.478 e. The minimum absolute atomic E-state index is 0.273. The van der Waals surface area contributed by atoms with Gasteiger partial charge in [0.25, 0.3) is 0 Å². The van der Waals surface area contributed by atoms with Crippen molar-refractivity contribution in [2.75, 3.05) is 5.32 Å². The zero-order valence-corrected chi connectivity index (χ0v) is 10.4. The van der Waals surface area contributed by atoms with Crippen LogP contribution in [0.15, 0.2) is 18.2 Å². The van der Waals surface area contributed by atoms with Crippen LogP contribution in [0.5, 0.6) is 0 Å². The molecule has 2 N–H and O–H groups in total. The molecule has 0 aliphatic heterocycles. The molecule has 0 radical (unpaired) electrons. The molecule has 0 amide bonds. The number of hydrogen-bond donors (Lipinski definition) is 2. The average molecular weight is 251 g/mol. The first kappa shape index (κ1) is 12.9. The van der Waals surface area contributed by atoms with E-state index >= 15 is 0 Å². The highest BCUT2D eigenvalue weighted by atomic mass is 19.1. The van der Waals surface area contributed by atoms with Crippen molar-refractivity contribution in [1.82, 2.24) is 0 Å². The Morgan fingerprint density at radius 3 is 2.89 bits per heavy atom. The standard InChI is InChI=1S/C14H18FNO2/c1-2-9-3-4-10(7-9)16-11-5-6-13(15)12(8-11)14(17)18/h5-6,8-10,16H,2-4,7H2,1H3,(H,17,18). The Labute approximate surface area is 106 Å². The van der Waals surface area contributed by atoms with Crippen LogP contribution in [0, 0.1) is 11.7 Å². The molecule has 1 aliphatic rings. The molecule has 3 nitrogen and oxygen atoms in total. The quantitative estimate of drug-likeness (QED) is 0.860. The number of carboxylic acid groups (broad SMARTS) is 1. The lowest BCUT2D eigenvalue weighted by molar-refractivity contribution is 0.0692. The van der Waals surface area contributed by atoms with E-state index in [2.05, 4.69) is 12.2 Å². The van der Waals surface area contributed by atoms with Gasteiger partial charge in [-0.3, -0.25) is 0 Å². The number of carboxylic acids is 1. The van der Waals surface area contributed by atoms with Crippen LogP contribution < -0.4 is 5.32 Å². The van der Waals surface area contributed by atoms with E-state index in [0.717, 1.165) is 18.8 Å². The second-order valence-corrected chi connectivity index (χ2v) is 4.93. The zero-order chi connectivity index (χ0) is 13.1. The second kappa shape index (κ2) is 5.38.